The maximum atomic E-state index is 13.2. The first-order valence-electron chi connectivity index (χ1n) is 8.86. The van der Waals surface area contributed by atoms with Gasteiger partial charge in [0.15, 0.2) is 11.6 Å². The lowest BCUT2D eigenvalue weighted by Gasteiger charge is -2.17. The number of furan rings is 1. The summed E-state index contributed by atoms with van der Waals surface area (Å²) in [5.74, 6) is -2.39. The van der Waals surface area contributed by atoms with Gasteiger partial charge in [-0.3, -0.25) is 14.9 Å². The van der Waals surface area contributed by atoms with Crippen molar-refractivity contribution < 1.29 is 22.8 Å². The lowest BCUT2D eigenvalue weighted by Crippen LogP contribution is -2.39. The Morgan fingerprint density at radius 1 is 0.897 bits per heavy atom. The van der Waals surface area contributed by atoms with Gasteiger partial charge in [-0.25, -0.2) is 8.78 Å². The molecular weight excluding hydrogens is 380 g/mol. The topological polar surface area (TPSA) is 83.4 Å². The molecule has 1 aromatic heterocycles. The molecule has 29 heavy (non-hydrogen) atoms. The summed E-state index contributed by atoms with van der Waals surface area (Å²) in [6, 6.07) is 15.7. The molecule has 0 aliphatic rings. The SMILES string of the molecule is O=C(CN[C@@H](c1ccccc1)c1ccco1)NCC(=O)Nc1ccc(F)c(F)c1. The standard InChI is InChI=1S/C21H19F2N3O3/c22-16-9-8-15(11-17(16)23)26-20(28)13-24-19(27)12-25-21(18-7-4-10-29-18)14-5-2-1-3-6-14/h1-11,21,25H,12-13H2,(H,24,27)(H,26,28)/t21-/m0/s1. The third-order valence-electron chi connectivity index (χ3n) is 4.08. The van der Waals surface area contributed by atoms with E-state index in [1.54, 1.807) is 18.4 Å². The largest absolute Gasteiger partial charge is 0.467 e. The van der Waals surface area contributed by atoms with E-state index >= 15 is 0 Å². The molecular formula is C21H19F2N3O3. The molecule has 0 aliphatic carbocycles. The van der Waals surface area contributed by atoms with Crippen molar-refractivity contribution in [3.8, 4) is 0 Å². The molecule has 2 aromatic carbocycles. The van der Waals surface area contributed by atoms with Crippen LogP contribution in [0.3, 0.4) is 0 Å². The molecule has 3 rings (SSSR count). The fourth-order valence-electron chi connectivity index (χ4n) is 2.70. The van der Waals surface area contributed by atoms with Gasteiger partial charge in [0.1, 0.15) is 5.76 Å². The number of anilines is 1. The van der Waals surface area contributed by atoms with Crippen LogP contribution in [-0.2, 0) is 9.59 Å². The van der Waals surface area contributed by atoms with E-state index in [1.807, 2.05) is 30.3 Å². The predicted molar refractivity (Wildman–Crippen MR) is 103 cm³/mol. The number of hydrogen-bond donors (Lipinski definition) is 3. The number of rotatable bonds is 8. The number of amides is 2. The van der Waals surface area contributed by atoms with Crippen molar-refractivity contribution in [2.45, 2.75) is 6.04 Å². The number of carbonyl (C=O) groups excluding carboxylic acids is 2. The Labute approximate surface area is 165 Å². The van der Waals surface area contributed by atoms with Crippen molar-refractivity contribution in [3.05, 3.63) is 89.9 Å². The van der Waals surface area contributed by atoms with E-state index in [0.29, 0.717) is 5.76 Å². The third kappa shape index (κ3) is 5.73. The first-order chi connectivity index (χ1) is 14.0. The molecule has 0 bridgehead atoms. The van der Waals surface area contributed by atoms with Crippen LogP contribution in [0.4, 0.5) is 14.5 Å². The molecule has 0 saturated heterocycles. The van der Waals surface area contributed by atoms with Gasteiger partial charge in [-0.1, -0.05) is 30.3 Å². The number of benzene rings is 2. The summed E-state index contributed by atoms with van der Waals surface area (Å²) < 4.78 is 31.5. The van der Waals surface area contributed by atoms with Crippen molar-refractivity contribution in [3.63, 3.8) is 0 Å². The molecule has 2 amide bonds. The molecule has 0 radical (unpaired) electrons. The van der Waals surface area contributed by atoms with Crippen molar-refractivity contribution in [1.82, 2.24) is 10.6 Å². The molecule has 3 N–H and O–H groups in total. The van der Waals surface area contributed by atoms with Crippen LogP contribution in [0.1, 0.15) is 17.4 Å². The maximum absolute atomic E-state index is 13.2. The Hall–Kier alpha value is -3.52. The van der Waals surface area contributed by atoms with Crippen LogP contribution >= 0.6 is 0 Å². The summed E-state index contributed by atoms with van der Waals surface area (Å²) in [7, 11) is 0. The number of hydrogen-bond acceptors (Lipinski definition) is 4. The van der Waals surface area contributed by atoms with Gasteiger partial charge in [-0.05, 0) is 29.8 Å². The monoisotopic (exact) mass is 399 g/mol. The summed E-state index contributed by atoms with van der Waals surface area (Å²) in [5, 5.41) is 7.95. The number of nitrogens with one attached hydrogen (secondary N) is 3. The summed E-state index contributed by atoms with van der Waals surface area (Å²) in [6.07, 6.45) is 1.55. The Morgan fingerprint density at radius 3 is 2.38 bits per heavy atom. The molecule has 8 heteroatoms. The molecule has 6 nitrogen and oxygen atoms in total. The van der Waals surface area contributed by atoms with Crippen molar-refractivity contribution in [1.29, 1.82) is 0 Å². The minimum absolute atomic E-state index is 0.0568. The van der Waals surface area contributed by atoms with E-state index in [9.17, 15) is 18.4 Å². The first kappa shape index (κ1) is 20.2. The molecule has 150 valence electrons. The summed E-state index contributed by atoms with van der Waals surface area (Å²) in [4.78, 5) is 24.0. The average Bonchev–Trinajstić information content (AvgIpc) is 3.25. The summed E-state index contributed by atoms with van der Waals surface area (Å²) in [5.41, 5.74) is 1.02. The highest BCUT2D eigenvalue weighted by molar-refractivity contribution is 5.94. The highest BCUT2D eigenvalue weighted by Gasteiger charge is 2.17. The van der Waals surface area contributed by atoms with Crippen molar-refractivity contribution in [2.24, 2.45) is 0 Å². The second-order valence-electron chi connectivity index (χ2n) is 6.19. The normalized spacial score (nSPS) is 11.7. The van der Waals surface area contributed by atoms with Crippen LogP contribution in [0.15, 0.2) is 71.3 Å². The van der Waals surface area contributed by atoms with Crippen LogP contribution in [-0.4, -0.2) is 24.9 Å². The van der Waals surface area contributed by atoms with Gasteiger partial charge in [0, 0.05) is 11.8 Å². The number of halogens is 2. The zero-order chi connectivity index (χ0) is 20.6. The van der Waals surface area contributed by atoms with E-state index < -0.39 is 23.4 Å². The van der Waals surface area contributed by atoms with Crippen LogP contribution in [0.2, 0.25) is 0 Å². The lowest BCUT2D eigenvalue weighted by atomic mass is 10.0. The van der Waals surface area contributed by atoms with E-state index in [0.717, 1.165) is 17.7 Å². The molecule has 0 spiro atoms. The fraction of sp³-hybridized carbons (Fsp3) is 0.143. The van der Waals surface area contributed by atoms with E-state index in [4.69, 9.17) is 4.42 Å². The summed E-state index contributed by atoms with van der Waals surface area (Å²) >= 11 is 0. The molecule has 0 saturated carbocycles. The zero-order valence-electron chi connectivity index (χ0n) is 15.3. The molecule has 0 aliphatic heterocycles. The molecule has 3 aromatic rings. The fourth-order valence-corrected chi connectivity index (χ4v) is 2.70. The highest BCUT2D eigenvalue weighted by atomic mass is 19.2. The van der Waals surface area contributed by atoms with Gasteiger partial charge >= 0.3 is 0 Å². The minimum atomic E-state index is -1.07. The van der Waals surface area contributed by atoms with Crippen LogP contribution in [0.25, 0.3) is 0 Å². The lowest BCUT2D eigenvalue weighted by molar-refractivity contribution is -0.123. The Balaban J connectivity index is 1.50. The van der Waals surface area contributed by atoms with Crippen LogP contribution < -0.4 is 16.0 Å². The van der Waals surface area contributed by atoms with Gasteiger partial charge in [0.25, 0.3) is 0 Å². The zero-order valence-corrected chi connectivity index (χ0v) is 15.3. The Morgan fingerprint density at radius 2 is 1.69 bits per heavy atom. The van der Waals surface area contributed by atoms with Crippen molar-refractivity contribution in [2.75, 3.05) is 18.4 Å². The van der Waals surface area contributed by atoms with Gasteiger partial charge in [-0.2, -0.15) is 0 Å². The summed E-state index contributed by atoms with van der Waals surface area (Å²) in [6.45, 7) is -0.366. The first-order valence-corrected chi connectivity index (χ1v) is 8.86. The third-order valence-corrected chi connectivity index (χ3v) is 4.08. The molecule has 0 fully saturated rings. The maximum Gasteiger partial charge on any atom is 0.243 e. The van der Waals surface area contributed by atoms with Gasteiger partial charge in [0.2, 0.25) is 11.8 Å². The molecule has 1 atom stereocenters. The van der Waals surface area contributed by atoms with Crippen LogP contribution in [0, 0.1) is 11.6 Å². The Kier molecular flexibility index (Phi) is 6.70. The van der Waals surface area contributed by atoms with Crippen molar-refractivity contribution >= 4 is 17.5 Å². The van der Waals surface area contributed by atoms with Gasteiger partial charge in [0.05, 0.1) is 25.4 Å². The second-order valence-corrected chi connectivity index (χ2v) is 6.19. The second kappa shape index (κ2) is 9.61. The average molecular weight is 399 g/mol. The number of carbonyl (C=O) groups is 2. The minimum Gasteiger partial charge on any atom is -0.467 e. The molecule has 1 heterocycles. The van der Waals surface area contributed by atoms with Gasteiger partial charge in [-0.15, -0.1) is 0 Å². The quantitative estimate of drug-likeness (QED) is 0.544. The smallest absolute Gasteiger partial charge is 0.243 e. The predicted octanol–water partition coefficient (Wildman–Crippen LogP) is 2.99. The van der Waals surface area contributed by atoms with Crippen LogP contribution in [0.5, 0.6) is 0 Å². The van der Waals surface area contributed by atoms with E-state index in [-0.39, 0.29) is 24.8 Å². The van der Waals surface area contributed by atoms with E-state index in [2.05, 4.69) is 16.0 Å². The highest BCUT2D eigenvalue weighted by Crippen LogP contribution is 2.21. The van der Waals surface area contributed by atoms with Gasteiger partial charge < -0.3 is 15.1 Å². The van der Waals surface area contributed by atoms with E-state index in [1.165, 1.54) is 6.07 Å². The molecule has 0 unspecified atom stereocenters. The Bertz CT molecular complexity index is 963.